The van der Waals surface area contributed by atoms with E-state index in [1.165, 1.54) is 12.4 Å². The second-order valence-corrected chi connectivity index (χ2v) is 6.17. The molecule has 1 aromatic rings. The first-order valence-electron chi connectivity index (χ1n) is 8.46. The summed E-state index contributed by atoms with van der Waals surface area (Å²) in [6.07, 6.45) is 1.65. The molecule has 2 atom stereocenters. The first-order chi connectivity index (χ1) is 12.9. The zero-order valence-corrected chi connectivity index (χ0v) is 15.2. The van der Waals surface area contributed by atoms with Crippen LogP contribution >= 0.6 is 0 Å². The molecule has 2 amide bonds. The molecule has 1 aromatic heterocycles. The average Bonchev–Trinajstić information content (AvgIpc) is 2.64. The molecule has 0 aromatic carbocycles. The molecule has 0 saturated carbocycles. The number of hydrogen-bond acceptors (Lipinski definition) is 7. The van der Waals surface area contributed by atoms with Crippen molar-refractivity contribution in [1.29, 1.82) is 5.26 Å². The van der Waals surface area contributed by atoms with Crippen molar-refractivity contribution < 1.29 is 19.5 Å². The standard InChI is InChI=1S/C17H22N6O4/c1-12(21-17(25)26)8-20-27-11-16(24)23-6-5-22(10-13(23)2)15-4-3-14(7-18)9-19-15/h3-4,8-9,12-13,21H,5-6,10-11H2,1-2H3,(H,25,26)/b20-8+/t12-,13+/m0/s1. The third kappa shape index (κ3) is 5.85. The van der Waals surface area contributed by atoms with Crippen LogP contribution in [0.2, 0.25) is 0 Å². The van der Waals surface area contributed by atoms with Crippen molar-refractivity contribution in [2.75, 3.05) is 31.1 Å². The lowest BCUT2D eigenvalue weighted by molar-refractivity contribution is -0.138. The van der Waals surface area contributed by atoms with E-state index < -0.39 is 12.1 Å². The van der Waals surface area contributed by atoms with Crippen LogP contribution in [-0.4, -0.2) is 71.5 Å². The number of rotatable bonds is 6. The van der Waals surface area contributed by atoms with Crippen molar-refractivity contribution in [2.45, 2.75) is 25.9 Å². The molecule has 144 valence electrons. The predicted molar refractivity (Wildman–Crippen MR) is 97.4 cm³/mol. The molecule has 0 aliphatic carbocycles. The van der Waals surface area contributed by atoms with Gasteiger partial charge in [-0.05, 0) is 26.0 Å². The molecule has 1 fully saturated rings. The monoisotopic (exact) mass is 374 g/mol. The summed E-state index contributed by atoms with van der Waals surface area (Å²) >= 11 is 0. The Bertz CT molecular complexity index is 730. The largest absolute Gasteiger partial charge is 0.465 e. The lowest BCUT2D eigenvalue weighted by Gasteiger charge is -2.40. The predicted octanol–water partition coefficient (Wildman–Crippen LogP) is 0.649. The van der Waals surface area contributed by atoms with Crippen molar-refractivity contribution in [3.63, 3.8) is 0 Å². The number of nitrogens with zero attached hydrogens (tertiary/aromatic N) is 5. The van der Waals surface area contributed by atoms with Gasteiger partial charge in [-0.2, -0.15) is 5.26 Å². The lowest BCUT2D eigenvalue weighted by Crippen LogP contribution is -2.55. The number of hydrogen-bond donors (Lipinski definition) is 2. The number of oxime groups is 1. The van der Waals surface area contributed by atoms with Crippen LogP contribution in [0.25, 0.3) is 0 Å². The van der Waals surface area contributed by atoms with Gasteiger partial charge in [-0.3, -0.25) is 4.79 Å². The minimum Gasteiger partial charge on any atom is -0.465 e. The minimum absolute atomic E-state index is 0.0381. The summed E-state index contributed by atoms with van der Waals surface area (Å²) in [5, 5.41) is 23.2. The number of anilines is 1. The van der Waals surface area contributed by atoms with E-state index in [4.69, 9.17) is 15.2 Å². The van der Waals surface area contributed by atoms with Crippen LogP contribution in [0.5, 0.6) is 0 Å². The Morgan fingerprint density at radius 1 is 1.56 bits per heavy atom. The molecule has 10 heteroatoms. The van der Waals surface area contributed by atoms with Crippen LogP contribution in [0.4, 0.5) is 10.6 Å². The first kappa shape index (κ1) is 20.0. The number of nitrogens with one attached hydrogen (secondary N) is 1. The third-order valence-electron chi connectivity index (χ3n) is 4.05. The summed E-state index contributed by atoms with van der Waals surface area (Å²) < 4.78 is 0. The fraction of sp³-hybridized carbons (Fsp3) is 0.471. The Balaban J connectivity index is 1.81. The topological polar surface area (TPSA) is 131 Å². The molecule has 0 radical (unpaired) electrons. The Labute approximate surface area is 157 Å². The molecule has 0 spiro atoms. The summed E-state index contributed by atoms with van der Waals surface area (Å²) in [4.78, 5) is 35.8. The van der Waals surface area contributed by atoms with Gasteiger partial charge in [0.05, 0.1) is 17.8 Å². The molecule has 0 bridgehead atoms. The Hall–Kier alpha value is -3.35. The average molecular weight is 374 g/mol. The van der Waals surface area contributed by atoms with Gasteiger partial charge in [0, 0.05) is 31.9 Å². The third-order valence-corrected chi connectivity index (χ3v) is 4.05. The SMILES string of the molecule is C[C@@H]1CN(c2ccc(C#N)cn2)CCN1C(=O)CO/N=C/[C@H](C)NC(=O)O. The molecule has 2 N–H and O–H groups in total. The van der Waals surface area contributed by atoms with Crippen LogP contribution in [-0.2, 0) is 9.63 Å². The quantitative estimate of drug-likeness (QED) is 0.552. The van der Waals surface area contributed by atoms with Gasteiger partial charge >= 0.3 is 6.09 Å². The molecule has 2 rings (SSSR count). The van der Waals surface area contributed by atoms with Gasteiger partial charge in [0.25, 0.3) is 5.91 Å². The van der Waals surface area contributed by atoms with Gasteiger partial charge in [-0.1, -0.05) is 5.16 Å². The molecule has 1 aliphatic heterocycles. The summed E-state index contributed by atoms with van der Waals surface area (Å²) in [5.74, 6) is 0.583. The maximum atomic E-state index is 12.3. The maximum Gasteiger partial charge on any atom is 0.405 e. The van der Waals surface area contributed by atoms with Crippen LogP contribution in [0.1, 0.15) is 19.4 Å². The second-order valence-electron chi connectivity index (χ2n) is 6.17. The van der Waals surface area contributed by atoms with Crippen molar-refractivity contribution in [3.8, 4) is 6.07 Å². The van der Waals surface area contributed by atoms with Gasteiger partial charge in [0.15, 0.2) is 6.61 Å². The Kier molecular flexibility index (Phi) is 6.93. The lowest BCUT2D eigenvalue weighted by atomic mass is 10.2. The summed E-state index contributed by atoms with van der Waals surface area (Å²) in [5.41, 5.74) is 0.506. The Morgan fingerprint density at radius 2 is 2.33 bits per heavy atom. The van der Waals surface area contributed by atoms with Crippen molar-refractivity contribution >= 4 is 24.0 Å². The van der Waals surface area contributed by atoms with Gasteiger partial charge in [-0.25, -0.2) is 9.78 Å². The van der Waals surface area contributed by atoms with E-state index in [2.05, 4.69) is 20.4 Å². The Morgan fingerprint density at radius 3 is 2.93 bits per heavy atom. The van der Waals surface area contributed by atoms with Crippen molar-refractivity contribution in [2.24, 2.45) is 5.16 Å². The van der Waals surface area contributed by atoms with Crippen LogP contribution in [0.3, 0.4) is 0 Å². The van der Waals surface area contributed by atoms with Gasteiger partial charge in [0.2, 0.25) is 0 Å². The molecule has 1 aliphatic rings. The van der Waals surface area contributed by atoms with Crippen LogP contribution in [0, 0.1) is 11.3 Å². The molecular formula is C17H22N6O4. The van der Waals surface area contributed by atoms with E-state index in [9.17, 15) is 9.59 Å². The van der Waals surface area contributed by atoms with Crippen molar-refractivity contribution in [1.82, 2.24) is 15.2 Å². The van der Waals surface area contributed by atoms with Gasteiger partial charge in [-0.15, -0.1) is 0 Å². The van der Waals surface area contributed by atoms with E-state index in [0.717, 1.165) is 5.82 Å². The number of amides is 2. The van der Waals surface area contributed by atoms with E-state index >= 15 is 0 Å². The number of aromatic nitrogens is 1. The maximum absolute atomic E-state index is 12.3. The van der Waals surface area contributed by atoms with Crippen molar-refractivity contribution in [3.05, 3.63) is 23.9 Å². The van der Waals surface area contributed by atoms with Crippen LogP contribution < -0.4 is 10.2 Å². The zero-order chi connectivity index (χ0) is 19.8. The molecule has 0 unspecified atom stereocenters. The molecule has 10 nitrogen and oxygen atoms in total. The highest BCUT2D eigenvalue weighted by Crippen LogP contribution is 2.17. The number of pyridine rings is 1. The van der Waals surface area contributed by atoms with Gasteiger partial charge in [0.1, 0.15) is 11.9 Å². The van der Waals surface area contributed by atoms with E-state index in [1.54, 1.807) is 24.0 Å². The minimum atomic E-state index is -1.16. The number of carbonyl (C=O) groups excluding carboxylic acids is 1. The highest BCUT2D eigenvalue weighted by Gasteiger charge is 2.28. The fourth-order valence-electron chi connectivity index (χ4n) is 2.72. The highest BCUT2D eigenvalue weighted by atomic mass is 16.6. The molecular weight excluding hydrogens is 352 g/mol. The highest BCUT2D eigenvalue weighted by molar-refractivity contribution is 5.78. The molecule has 2 heterocycles. The zero-order valence-electron chi connectivity index (χ0n) is 15.2. The van der Waals surface area contributed by atoms with E-state index in [-0.39, 0.29) is 18.6 Å². The van der Waals surface area contributed by atoms with E-state index in [1.807, 2.05) is 13.0 Å². The second kappa shape index (κ2) is 9.38. The summed E-state index contributed by atoms with van der Waals surface area (Å²) in [6, 6.07) is 5.00. The number of nitriles is 1. The smallest absolute Gasteiger partial charge is 0.405 e. The molecule has 27 heavy (non-hydrogen) atoms. The van der Waals surface area contributed by atoms with Crippen LogP contribution in [0.15, 0.2) is 23.5 Å². The fourth-order valence-corrected chi connectivity index (χ4v) is 2.72. The van der Waals surface area contributed by atoms with E-state index in [0.29, 0.717) is 25.2 Å². The number of piperazine rings is 1. The van der Waals surface area contributed by atoms with Gasteiger partial charge < -0.3 is 25.1 Å². The normalized spacial score (nSPS) is 18.0. The first-order valence-corrected chi connectivity index (χ1v) is 8.46. The number of carboxylic acid groups (broad SMARTS) is 1. The summed E-state index contributed by atoms with van der Waals surface area (Å²) in [7, 11) is 0. The molecule has 1 saturated heterocycles. The summed E-state index contributed by atoms with van der Waals surface area (Å²) in [6.45, 7) is 5.09. The number of carbonyl (C=O) groups is 2.